The summed E-state index contributed by atoms with van der Waals surface area (Å²) in [6, 6.07) is 0. The number of hydrogen-bond acceptors (Lipinski definition) is 1. The van der Waals surface area contributed by atoms with Gasteiger partial charge in [-0.2, -0.15) is 0 Å². The molecule has 0 rings (SSSR count). The maximum atomic E-state index is 10.4. The van der Waals surface area contributed by atoms with Gasteiger partial charge in [-0.1, -0.05) is 101 Å². The molecule has 0 saturated heterocycles. The van der Waals surface area contributed by atoms with E-state index in [1.807, 2.05) is 0 Å². The van der Waals surface area contributed by atoms with Crippen molar-refractivity contribution in [1.82, 2.24) is 0 Å². The molecule has 0 aliphatic heterocycles. The second-order valence-corrected chi connectivity index (χ2v) is 8.53. The molecule has 0 heterocycles. The summed E-state index contributed by atoms with van der Waals surface area (Å²) in [5.41, 5.74) is 0. The number of rotatable bonds is 23. The van der Waals surface area contributed by atoms with Crippen molar-refractivity contribution < 1.29 is 9.90 Å². The molecule has 0 spiro atoms. The van der Waals surface area contributed by atoms with Gasteiger partial charge in [-0.25, -0.2) is 0 Å². The van der Waals surface area contributed by atoms with Gasteiger partial charge in [0.15, 0.2) is 0 Å². The minimum Gasteiger partial charge on any atom is -0.481 e. The van der Waals surface area contributed by atoms with E-state index >= 15 is 0 Å². The number of hydrogen-bond donors (Lipinski definition) is 1. The topological polar surface area (TPSA) is 37.3 Å². The van der Waals surface area contributed by atoms with Crippen LogP contribution in [0.25, 0.3) is 0 Å². The number of carboxylic acid groups (broad SMARTS) is 1. The summed E-state index contributed by atoms with van der Waals surface area (Å²) in [4.78, 5) is 10.4. The Morgan fingerprint density at radius 1 is 0.500 bits per heavy atom. The SMILES string of the molecule is CCCCCCCC/C=C/CCCCCCCC/C=C/CC/C=C/CCCC(=O)O. The summed E-state index contributed by atoms with van der Waals surface area (Å²) < 4.78 is 0. The van der Waals surface area contributed by atoms with Crippen LogP contribution in [-0.4, -0.2) is 11.1 Å². The molecule has 2 nitrogen and oxygen atoms in total. The van der Waals surface area contributed by atoms with E-state index in [-0.39, 0.29) is 6.42 Å². The van der Waals surface area contributed by atoms with Crippen molar-refractivity contribution in [2.24, 2.45) is 0 Å². The predicted octanol–water partition coefficient (Wildman–Crippen LogP) is 9.56. The quantitative estimate of drug-likeness (QED) is 0.132. The van der Waals surface area contributed by atoms with Gasteiger partial charge < -0.3 is 5.11 Å². The molecule has 0 amide bonds. The summed E-state index contributed by atoms with van der Waals surface area (Å²) in [5, 5.41) is 8.56. The highest BCUT2D eigenvalue weighted by Gasteiger charge is 1.93. The molecular weight excluding hydrogens is 368 g/mol. The van der Waals surface area contributed by atoms with Crippen LogP contribution in [0.3, 0.4) is 0 Å². The summed E-state index contributed by atoms with van der Waals surface area (Å²) in [6.07, 6.45) is 38.1. The van der Waals surface area contributed by atoms with E-state index in [1.165, 1.54) is 96.3 Å². The van der Waals surface area contributed by atoms with E-state index in [9.17, 15) is 4.79 Å². The van der Waals surface area contributed by atoms with Gasteiger partial charge >= 0.3 is 5.97 Å². The van der Waals surface area contributed by atoms with E-state index in [4.69, 9.17) is 5.11 Å². The summed E-state index contributed by atoms with van der Waals surface area (Å²) in [7, 11) is 0. The van der Waals surface area contributed by atoms with Crippen molar-refractivity contribution in [3.05, 3.63) is 36.5 Å². The molecular formula is C28H50O2. The molecule has 1 N–H and O–H groups in total. The van der Waals surface area contributed by atoms with Crippen LogP contribution >= 0.6 is 0 Å². The molecule has 2 heteroatoms. The Balaban J connectivity index is 3.20. The number of aliphatic carboxylic acids is 1. The predicted molar refractivity (Wildman–Crippen MR) is 133 cm³/mol. The molecule has 30 heavy (non-hydrogen) atoms. The lowest BCUT2D eigenvalue weighted by molar-refractivity contribution is -0.137. The molecule has 174 valence electrons. The third kappa shape index (κ3) is 26.7. The Morgan fingerprint density at radius 3 is 1.23 bits per heavy atom. The molecule has 0 aromatic carbocycles. The van der Waals surface area contributed by atoms with Gasteiger partial charge in [0.25, 0.3) is 0 Å². The molecule has 0 fully saturated rings. The van der Waals surface area contributed by atoms with E-state index in [2.05, 4.69) is 43.4 Å². The lowest BCUT2D eigenvalue weighted by Crippen LogP contribution is -1.92. The Kier molecular flexibility index (Phi) is 24.6. The summed E-state index contributed by atoms with van der Waals surface area (Å²) in [6.45, 7) is 2.28. The lowest BCUT2D eigenvalue weighted by Gasteiger charge is -2.00. The van der Waals surface area contributed by atoms with Crippen molar-refractivity contribution in [3.8, 4) is 0 Å². The van der Waals surface area contributed by atoms with Crippen LogP contribution in [0.1, 0.15) is 135 Å². The fourth-order valence-electron chi connectivity index (χ4n) is 3.54. The van der Waals surface area contributed by atoms with Crippen LogP contribution in [0.2, 0.25) is 0 Å². The zero-order valence-electron chi connectivity index (χ0n) is 20.0. The number of carbonyl (C=O) groups is 1. The number of carboxylic acids is 1. The Labute approximate surface area is 187 Å². The first-order valence-corrected chi connectivity index (χ1v) is 12.9. The first kappa shape index (κ1) is 28.7. The van der Waals surface area contributed by atoms with Crippen LogP contribution in [-0.2, 0) is 4.79 Å². The third-order valence-electron chi connectivity index (χ3n) is 5.48. The van der Waals surface area contributed by atoms with Gasteiger partial charge in [0.05, 0.1) is 0 Å². The van der Waals surface area contributed by atoms with Gasteiger partial charge in [0, 0.05) is 6.42 Å². The van der Waals surface area contributed by atoms with Crippen LogP contribution in [0.5, 0.6) is 0 Å². The van der Waals surface area contributed by atoms with Gasteiger partial charge in [-0.15, -0.1) is 0 Å². The minimum absolute atomic E-state index is 0.278. The van der Waals surface area contributed by atoms with E-state index in [1.54, 1.807) is 0 Å². The second-order valence-electron chi connectivity index (χ2n) is 8.53. The summed E-state index contributed by atoms with van der Waals surface area (Å²) in [5.74, 6) is -0.697. The van der Waals surface area contributed by atoms with Crippen molar-refractivity contribution >= 4 is 5.97 Å². The minimum atomic E-state index is -0.697. The van der Waals surface area contributed by atoms with Crippen LogP contribution in [0.15, 0.2) is 36.5 Å². The monoisotopic (exact) mass is 418 g/mol. The molecule has 0 aliphatic carbocycles. The number of unbranched alkanes of at least 4 members (excludes halogenated alkanes) is 15. The molecule has 0 bridgehead atoms. The highest BCUT2D eigenvalue weighted by Crippen LogP contribution is 2.11. The largest absolute Gasteiger partial charge is 0.481 e. The molecule has 0 aromatic heterocycles. The Bertz CT molecular complexity index is 434. The fourth-order valence-corrected chi connectivity index (χ4v) is 3.54. The normalized spacial score (nSPS) is 12.0. The van der Waals surface area contributed by atoms with Gasteiger partial charge in [-0.05, 0) is 64.2 Å². The molecule has 0 aliphatic rings. The smallest absolute Gasteiger partial charge is 0.303 e. The zero-order valence-corrected chi connectivity index (χ0v) is 20.0. The van der Waals surface area contributed by atoms with E-state index in [0.717, 1.165) is 25.7 Å². The third-order valence-corrected chi connectivity index (χ3v) is 5.48. The van der Waals surface area contributed by atoms with Crippen molar-refractivity contribution in [2.75, 3.05) is 0 Å². The van der Waals surface area contributed by atoms with E-state index in [0.29, 0.717) is 0 Å². The Hall–Kier alpha value is -1.31. The highest BCUT2D eigenvalue weighted by molar-refractivity contribution is 5.66. The molecule has 0 aromatic rings. The van der Waals surface area contributed by atoms with Crippen molar-refractivity contribution in [2.45, 2.75) is 135 Å². The maximum Gasteiger partial charge on any atom is 0.303 e. The van der Waals surface area contributed by atoms with Crippen LogP contribution < -0.4 is 0 Å². The molecule has 0 radical (unpaired) electrons. The van der Waals surface area contributed by atoms with Crippen molar-refractivity contribution in [1.29, 1.82) is 0 Å². The number of allylic oxidation sites excluding steroid dienone is 6. The average Bonchev–Trinajstić information content (AvgIpc) is 2.73. The average molecular weight is 419 g/mol. The van der Waals surface area contributed by atoms with Gasteiger partial charge in [-0.3, -0.25) is 4.79 Å². The molecule has 0 saturated carbocycles. The first-order chi connectivity index (χ1) is 14.8. The van der Waals surface area contributed by atoms with Crippen LogP contribution in [0, 0.1) is 0 Å². The first-order valence-electron chi connectivity index (χ1n) is 12.9. The lowest BCUT2D eigenvalue weighted by atomic mass is 10.1. The summed E-state index contributed by atoms with van der Waals surface area (Å²) >= 11 is 0. The van der Waals surface area contributed by atoms with Crippen molar-refractivity contribution in [3.63, 3.8) is 0 Å². The fraction of sp³-hybridized carbons (Fsp3) is 0.750. The Morgan fingerprint density at radius 2 is 0.833 bits per heavy atom. The molecule has 0 unspecified atom stereocenters. The zero-order chi connectivity index (χ0) is 22.0. The maximum absolute atomic E-state index is 10.4. The van der Waals surface area contributed by atoms with Gasteiger partial charge in [0.2, 0.25) is 0 Å². The molecule has 0 atom stereocenters. The highest BCUT2D eigenvalue weighted by atomic mass is 16.4. The van der Waals surface area contributed by atoms with Crippen LogP contribution in [0.4, 0.5) is 0 Å². The second kappa shape index (κ2) is 25.7. The van der Waals surface area contributed by atoms with Gasteiger partial charge in [0.1, 0.15) is 0 Å². The van der Waals surface area contributed by atoms with E-state index < -0.39 is 5.97 Å². The standard InChI is InChI=1S/C28H50O2/c1-2-3-4-5-6-7-8-9-10-11-12-13-14-15-16-17-18-19-20-21-22-23-24-25-26-27-28(29)30/h9-10,19-20,23-24H,2-8,11-18,21-22,25-27H2,1H3,(H,29,30)/b10-9+,20-19+,24-23+.